The van der Waals surface area contributed by atoms with Crippen molar-refractivity contribution in [2.75, 3.05) is 18.4 Å². The largest absolute Gasteiger partial charge is 0.350 e. The Bertz CT molecular complexity index is 1100. The summed E-state index contributed by atoms with van der Waals surface area (Å²) in [5.74, 6) is -0.439. The number of carbonyl (C=O) groups is 2. The molecule has 1 aliphatic rings. The van der Waals surface area contributed by atoms with Gasteiger partial charge in [0.15, 0.2) is 5.13 Å². The quantitative estimate of drug-likeness (QED) is 0.558. The number of piperidine rings is 1. The number of carbonyl (C=O) groups excluding carboxylic acids is 2. The number of thiazole rings is 1. The second-order valence-corrected chi connectivity index (χ2v) is 9.05. The van der Waals surface area contributed by atoms with Gasteiger partial charge in [0.05, 0.1) is 18.2 Å². The summed E-state index contributed by atoms with van der Waals surface area (Å²) >= 11 is 7.45. The standard InChI is InChI=1S/C23H24ClN5O2S/c1-15-7-8-17(24)11-19(15)27-23-28-20(14-32-23)22(31)29-10-4-5-16(13-29)21(30)26-12-18-6-2-3-9-25-18/h2-3,6-9,11,14,16H,4-5,10,12-13H2,1H3,(H,26,30)(H,27,28). The van der Waals surface area contributed by atoms with Gasteiger partial charge >= 0.3 is 0 Å². The molecule has 7 nitrogen and oxygen atoms in total. The van der Waals surface area contributed by atoms with Crippen molar-refractivity contribution in [1.82, 2.24) is 20.2 Å². The molecule has 166 valence electrons. The van der Waals surface area contributed by atoms with Gasteiger partial charge in [0.2, 0.25) is 5.91 Å². The first-order valence-corrected chi connectivity index (χ1v) is 11.7. The fraction of sp³-hybridized carbons (Fsp3) is 0.304. The molecular weight excluding hydrogens is 446 g/mol. The van der Waals surface area contributed by atoms with Crippen molar-refractivity contribution in [2.45, 2.75) is 26.3 Å². The summed E-state index contributed by atoms with van der Waals surface area (Å²) in [7, 11) is 0. The van der Waals surface area contributed by atoms with Crippen LogP contribution in [0.25, 0.3) is 0 Å². The molecule has 4 rings (SSSR count). The van der Waals surface area contributed by atoms with Crippen LogP contribution in [0.2, 0.25) is 5.02 Å². The second kappa shape index (κ2) is 10.1. The molecule has 1 aliphatic heterocycles. The van der Waals surface area contributed by atoms with E-state index >= 15 is 0 Å². The van der Waals surface area contributed by atoms with E-state index in [1.165, 1.54) is 11.3 Å². The third-order valence-corrected chi connectivity index (χ3v) is 6.41. The summed E-state index contributed by atoms with van der Waals surface area (Å²) in [5, 5.41) is 9.17. The van der Waals surface area contributed by atoms with Crippen molar-refractivity contribution in [1.29, 1.82) is 0 Å². The maximum Gasteiger partial charge on any atom is 0.273 e. The first kappa shape index (κ1) is 22.2. The Kier molecular flexibility index (Phi) is 7.02. The number of aromatic nitrogens is 2. The lowest BCUT2D eigenvalue weighted by Gasteiger charge is -2.31. The first-order chi connectivity index (χ1) is 15.5. The van der Waals surface area contributed by atoms with Crippen LogP contribution < -0.4 is 10.6 Å². The number of hydrogen-bond acceptors (Lipinski definition) is 6. The average Bonchev–Trinajstić information content (AvgIpc) is 3.28. The van der Waals surface area contributed by atoms with Gasteiger partial charge in [-0.05, 0) is 49.6 Å². The van der Waals surface area contributed by atoms with E-state index in [1.54, 1.807) is 16.5 Å². The number of hydrogen-bond donors (Lipinski definition) is 2. The SMILES string of the molecule is Cc1ccc(Cl)cc1Nc1nc(C(=O)N2CCCC(C(=O)NCc3ccccn3)C2)cs1. The van der Waals surface area contributed by atoms with E-state index in [4.69, 9.17) is 11.6 Å². The Hall–Kier alpha value is -2.97. The Balaban J connectivity index is 1.36. The molecule has 0 radical (unpaired) electrons. The predicted octanol–water partition coefficient (Wildman–Crippen LogP) is 4.41. The predicted molar refractivity (Wildman–Crippen MR) is 126 cm³/mol. The molecule has 2 aromatic heterocycles. The van der Waals surface area contributed by atoms with Crippen LogP contribution in [0.3, 0.4) is 0 Å². The molecule has 1 unspecified atom stereocenters. The molecule has 0 bridgehead atoms. The monoisotopic (exact) mass is 469 g/mol. The molecule has 1 aromatic carbocycles. The summed E-state index contributed by atoms with van der Waals surface area (Å²) in [4.78, 5) is 36.0. The van der Waals surface area contributed by atoms with Crippen molar-refractivity contribution in [3.05, 3.63) is 69.9 Å². The van der Waals surface area contributed by atoms with Crippen molar-refractivity contribution >= 4 is 45.6 Å². The maximum absolute atomic E-state index is 13.0. The zero-order valence-corrected chi connectivity index (χ0v) is 19.2. The Morgan fingerprint density at radius 3 is 2.97 bits per heavy atom. The van der Waals surface area contributed by atoms with Crippen LogP contribution in [-0.2, 0) is 11.3 Å². The molecule has 3 aromatic rings. The average molecular weight is 470 g/mol. The fourth-order valence-electron chi connectivity index (χ4n) is 3.64. The highest BCUT2D eigenvalue weighted by atomic mass is 35.5. The summed E-state index contributed by atoms with van der Waals surface area (Å²) in [5.41, 5.74) is 3.08. The highest BCUT2D eigenvalue weighted by Gasteiger charge is 2.29. The molecule has 2 N–H and O–H groups in total. The van der Waals surface area contributed by atoms with Crippen LogP contribution >= 0.6 is 22.9 Å². The molecule has 0 spiro atoms. The third-order valence-electron chi connectivity index (χ3n) is 5.41. The van der Waals surface area contributed by atoms with E-state index < -0.39 is 0 Å². The van der Waals surface area contributed by atoms with Crippen molar-refractivity contribution in [3.63, 3.8) is 0 Å². The van der Waals surface area contributed by atoms with Crippen LogP contribution in [0.1, 0.15) is 34.6 Å². The number of anilines is 2. The van der Waals surface area contributed by atoms with Gasteiger partial charge in [0.25, 0.3) is 5.91 Å². The third kappa shape index (κ3) is 5.44. The molecule has 32 heavy (non-hydrogen) atoms. The molecule has 0 saturated carbocycles. The number of nitrogens with one attached hydrogen (secondary N) is 2. The van der Waals surface area contributed by atoms with Gasteiger partial charge in [-0.2, -0.15) is 0 Å². The zero-order chi connectivity index (χ0) is 22.5. The molecular formula is C23H24ClN5O2S. The lowest BCUT2D eigenvalue weighted by Crippen LogP contribution is -2.45. The van der Waals surface area contributed by atoms with Crippen molar-refractivity contribution in [3.8, 4) is 0 Å². The number of likely N-dealkylation sites (tertiary alicyclic amines) is 1. The molecule has 9 heteroatoms. The second-order valence-electron chi connectivity index (χ2n) is 7.75. The summed E-state index contributed by atoms with van der Waals surface area (Å²) in [6, 6.07) is 11.2. The van der Waals surface area contributed by atoms with Crippen LogP contribution in [0, 0.1) is 12.8 Å². The van der Waals surface area contributed by atoms with Gasteiger partial charge in [-0.25, -0.2) is 4.98 Å². The number of halogens is 1. The van der Waals surface area contributed by atoms with Crippen LogP contribution in [-0.4, -0.2) is 39.8 Å². The van der Waals surface area contributed by atoms with E-state index in [2.05, 4.69) is 20.6 Å². The number of nitrogens with zero attached hydrogens (tertiary/aromatic N) is 3. The Morgan fingerprint density at radius 2 is 2.16 bits per heavy atom. The molecule has 0 aliphatic carbocycles. The van der Waals surface area contributed by atoms with E-state index in [0.717, 1.165) is 29.8 Å². The van der Waals surface area contributed by atoms with Crippen molar-refractivity contribution < 1.29 is 9.59 Å². The van der Waals surface area contributed by atoms with Gasteiger partial charge in [-0.15, -0.1) is 11.3 Å². The topological polar surface area (TPSA) is 87.2 Å². The van der Waals surface area contributed by atoms with Gasteiger partial charge in [-0.3, -0.25) is 14.6 Å². The number of rotatable bonds is 6. The first-order valence-electron chi connectivity index (χ1n) is 10.4. The van der Waals surface area contributed by atoms with Gasteiger partial charge < -0.3 is 15.5 Å². The minimum Gasteiger partial charge on any atom is -0.350 e. The molecule has 1 saturated heterocycles. The highest BCUT2D eigenvalue weighted by Crippen LogP contribution is 2.27. The number of pyridine rings is 1. The maximum atomic E-state index is 13.0. The lowest BCUT2D eigenvalue weighted by molar-refractivity contribution is -0.126. The van der Waals surface area contributed by atoms with Gasteiger partial charge in [-0.1, -0.05) is 23.7 Å². The summed E-state index contributed by atoms with van der Waals surface area (Å²) in [6.07, 6.45) is 3.24. The molecule has 1 atom stereocenters. The van der Waals surface area contributed by atoms with Gasteiger partial charge in [0, 0.05) is 35.4 Å². The highest BCUT2D eigenvalue weighted by molar-refractivity contribution is 7.14. The summed E-state index contributed by atoms with van der Waals surface area (Å²) < 4.78 is 0. The Labute approximate surface area is 195 Å². The minimum absolute atomic E-state index is 0.0507. The summed E-state index contributed by atoms with van der Waals surface area (Å²) in [6.45, 7) is 3.37. The van der Waals surface area contributed by atoms with E-state index in [1.807, 2.05) is 43.3 Å². The van der Waals surface area contributed by atoms with E-state index in [9.17, 15) is 9.59 Å². The van der Waals surface area contributed by atoms with Crippen LogP contribution in [0.4, 0.5) is 10.8 Å². The van der Waals surface area contributed by atoms with Crippen molar-refractivity contribution in [2.24, 2.45) is 5.92 Å². The van der Waals surface area contributed by atoms with E-state index in [-0.39, 0.29) is 17.7 Å². The molecule has 2 amide bonds. The number of aryl methyl sites for hydroxylation is 1. The smallest absolute Gasteiger partial charge is 0.273 e. The van der Waals surface area contributed by atoms with E-state index in [0.29, 0.717) is 35.5 Å². The molecule has 1 fully saturated rings. The van der Waals surface area contributed by atoms with Crippen LogP contribution in [0.15, 0.2) is 48.0 Å². The number of benzene rings is 1. The minimum atomic E-state index is -0.234. The lowest BCUT2D eigenvalue weighted by atomic mass is 9.97. The van der Waals surface area contributed by atoms with Gasteiger partial charge in [0.1, 0.15) is 5.69 Å². The number of amides is 2. The fourth-order valence-corrected chi connectivity index (χ4v) is 4.50. The van der Waals surface area contributed by atoms with Crippen LogP contribution in [0.5, 0.6) is 0 Å². The zero-order valence-electron chi connectivity index (χ0n) is 17.7. The molecule has 3 heterocycles. The normalized spacial score (nSPS) is 15.9. The Morgan fingerprint density at radius 1 is 1.28 bits per heavy atom.